The molecule has 4 heteroatoms. The molecule has 1 heterocycles. The van der Waals surface area contributed by atoms with Crippen molar-refractivity contribution in [3.63, 3.8) is 0 Å². The van der Waals surface area contributed by atoms with E-state index in [2.05, 4.69) is 4.98 Å². The number of hydrogen-bond donors (Lipinski definition) is 2. The largest absolute Gasteiger partial charge is 0.444 e. The van der Waals surface area contributed by atoms with Gasteiger partial charge in [-0.1, -0.05) is 0 Å². The van der Waals surface area contributed by atoms with E-state index < -0.39 is 5.54 Å². The van der Waals surface area contributed by atoms with Crippen LogP contribution < -0.4 is 5.73 Å². The molecule has 1 rings (SSSR count). The fraction of sp³-hybridized carbons (Fsp3) is 0.625. The van der Waals surface area contributed by atoms with Gasteiger partial charge in [-0.3, -0.25) is 0 Å². The Morgan fingerprint density at radius 2 is 2.17 bits per heavy atom. The van der Waals surface area contributed by atoms with Gasteiger partial charge in [0.25, 0.3) is 0 Å². The summed E-state index contributed by atoms with van der Waals surface area (Å²) in [5, 5.41) is 8.92. The zero-order valence-electron chi connectivity index (χ0n) is 7.59. The van der Waals surface area contributed by atoms with Crippen molar-refractivity contribution in [2.24, 2.45) is 5.73 Å². The minimum atomic E-state index is -0.876. The van der Waals surface area contributed by atoms with Crippen LogP contribution in [0.15, 0.2) is 4.42 Å². The van der Waals surface area contributed by atoms with Gasteiger partial charge in [0.05, 0.1) is 12.3 Å². The van der Waals surface area contributed by atoms with E-state index in [-0.39, 0.29) is 6.61 Å². The summed E-state index contributed by atoms with van der Waals surface area (Å²) < 4.78 is 5.27. The lowest BCUT2D eigenvalue weighted by Crippen LogP contribution is -2.37. The Balaban J connectivity index is 3.04. The maximum absolute atomic E-state index is 8.92. The lowest BCUT2D eigenvalue weighted by molar-refractivity contribution is 0.182. The number of rotatable bonds is 2. The monoisotopic (exact) mass is 170 g/mol. The summed E-state index contributed by atoms with van der Waals surface area (Å²) in [5.41, 5.74) is 5.65. The first kappa shape index (κ1) is 9.22. The number of aryl methyl sites for hydroxylation is 2. The second kappa shape index (κ2) is 2.88. The molecule has 12 heavy (non-hydrogen) atoms. The number of hydrogen-bond acceptors (Lipinski definition) is 4. The molecule has 0 aliphatic heterocycles. The van der Waals surface area contributed by atoms with Crippen LogP contribution >= 0.6 is 0 Å². The molecule has 0 spiro atoms. The van der Waals surface area contributed by atoms with Crippen molar-refractivity contribution in [3.8, 4) is 0 Å². The topological polar surface area (TPSA) is 72.3 Å². The molecular formula is C8H14N2O2. The van der Waals surface area contributed by atoms with Crippen LogP contribution in [0.1, 0.15) is 24.3 Å². The average molecular weight is 170 g/mol. The average Bonchev–Trinajstić information content (AvgIpc) is 2.33. The highest BCUT2D eigenvalue weighted by Crippen LogP contribution is 2.18. The van der Waals surface area contributed by atoms with E-state index in [9.17, 15) is 0 Å². The van der Waals surface area contributed by atoms with Crippen molar-refractivity contribution in [1.82, 2.24) is 4.98 Å². The Bertz CT molecular complexity index is 259. The van der Waals surface area contributed by atoms with Crippen molar-refractivity contribution in [2.45, 2.75) is 26.3 Å². The minimum Gasteiger partial charge on any atom is -0.444 e. The first-order valence-electron chi connectivity index (χ1n) is 3.81. The molecule has 0 amide bonds. The number of aliphatic hydroxyl groups is 1. The second-order valence-corrected chi connectivity index (χ2v) is 3.24. The Labute approximate surface area is 71.4 Å². The third-order valence-electron chi connectivity index (χ3n) is 1.85. The molecule has 0 saturated carbocycles. The Hall–Kier alpha value is -0.870. The molecule has 0 fully saturated rings. The van der Waals surface area contributed by atoms with Gasteiger partial charge in [-0.15, -0.1) is 0 Å². The summed E-state index contributed by atoms with van der Waals surface area (Å²) in [7, 11) is 0. The van der Waals surface area contributed by atoms with Crippen LogP contribution in [0.25, 0.3) is 0 Å². The quantitative estimate of drug-likeness (QED) is 0.676. The molecule has 0 aliphatic carbocycles. The molecule has 0 saturated heterocycles. The predicted molar refractivity (Wildman–Crippen MR) is 44.6 cm³/mol. The van der Waals surface area contributed by atoms with Crippen molar-refractivity contribution in [3.05, 3.63) is 17.3 Å². The van der Waals surface area contributed by atoms with Crippen LogP contribution in [-0.2, 0) is 5.54 Å². The highest BCUT2D eigenvalue weighted by Gasteiger charge is 2.26. The lowest BCUT2D eigenvalue weighted by atomic mass is 10.1. The SMILES string of the molecule is Cc1nc(C(C)(N)CO)oc1C. The van der Waals surface area contributed by atoms with Gasteiger partial charge in [0.2, 0.25) is 5.89 Å². The van der Waals surface area contributed by atoms with Gasteiger partial charge < -0.3 is 15.3 Å². The molecule has 1 atom stereocenters. The van der Waals surface area contributed by atoms with Gasteiger partial charge in [-0.2, -0.15) is 0 Å². The summed E-state index contributed by atoms with van der Waals surface area (Å²) in [6, 6.07) is 0. The van der Waals surface area contributed by atoms with Crippen LogP contribution in [-0.4, -0.2) is 16.7 Å². The first-order chi connectivity index (χ1) is 5.47. The summed E-state index contributed by atoms with van der Waals surface area (Å²) in [6.45, 7) is 5.17. The minimum absolute atomic E-state index is 0.174. The Kier molecular flexibility index (Phi) is 2.21. The molecule has 4 nitrogen and oxygen atoms in total. The number of oxazole rings is 1. The van der Waals surface area contributed by atoms with Crippen LogP contribution in [0.5, 0.6) is 0 Å². The van der Waals surface area contributed by atoms with Crippen LogP contribution in [0, 0.1) is 13.8 Å². The van der Waals surface area contributed by atoms with Crippen LogP contribution in [0.3, 0.4) is 0 Å². The van der Waals surface area contributed by atoms with Crippen molar-refractivity contribution >= 4 is 0 Å². The van der Waals surface area contributed by atoms with Gasteiger partial charge in [0.15, 0.2) is 0 Å². The molecule has 0 aromatic carbocycles. The predicted octanol–water partition coefficient (Wildman–Crippen LogP) is 0.458. The van der Waals surface area contributed by atoms with Crippen LogP contribution in [0.2, 0.25) is 0 Å². The van der Waals surface area contributed by atoms with Gasteiger partial charge >= 0.3 is 0 Å². The van der Waals surface area contributed by atoms with E-state index in [1.807, 2.05) is 13.8 Å². The summed E-state index contributed by atoms with van der Waals surface area (Å²) in [6.07, 6.45) is 0. The van der Waals surface area contributed by atoms with Gasteiger partial charge in [0, 0.05) is 0 Å². The maximum Gasteiger partial charge on any atom is 0.216 e. The lowest BCUT2D eigenvalue weighted by Gasteiger charge is -2.16. The van der Waals surface area contributed by atoms with Gasteiger partial charge in [-0.25, -0.2) is 4.98 Å². The van der Waals surface area contributed by atoms with Gasteiger partial charge in [0.1, 0.15) is 11.3 Å². The van der Waals surface area contributed by atoms with E-state index in [1.54, 1.807) is 6.92 Å². The molecule has 1 aromatic heterocycles. The fourth-order valence-corrected chi connectivity index (χ4v) is 0.785. The Morgan fingerprint density at radius 3 is 2.50 bits per heavy atom. The molecule has 0 radical (unpaired) electrons. The van der Waals surface area contributed by atoms with E-state index in [1.165, 1.54) is 0 Å². The zero-order chi connectivity index (χ0) is 9.35. The zero-order valence-corrected chi connectivity index (χ0v) is 7.59. The van der Waals surface area contributed by atoms with Crippen molar-refractivity contribution in [2.75, 3.05) is 6.61 Å². The van der Waals surface area contributed by atoms with E-state index >= 15 is 0 Å². The number of nitrogens with zero attached hydrogens (tertiary/aromatic N) is 1. The number of aromatic nitrogens is 1. The molecule has 0 aliphatic rings. The second-order valence-electron chi connectivity index (χ2n) is 3.24. The smallest absolute Gasteiger partial charge is 0.216 e. The van der Waals surface area contributed by atoms with Crippen molar-refractivity contribution < 1.29 is 9.52 Å². The normalized spacial score (nSPS) is 16.1. The van der Waals surface area contributed by atoms with E-state index in [0.717, 1.165) is 11.5 Å². The molecule has 1 unspecified atom stereocenters. The molecule has 0 bridgehead atoms. The summed E-state index contributed by atoms with van der Waals surface area (Å²) in [5.74, 6) is 1.13. The fourth-order valence-electron chi connectivity index (χ4n) is 0.785. The maximum atomic E-state index is 8.92. The molecule has 68 valence electrons. The molecule has 3 N–H and O–H groups in total. The van der Waals surface area contributed by atoms with E-state index in [4.69, 9.17) is 15.3 Å². The van der Waals surface area contributed by atoms with Crippen LogP contribution in [0.4, 0.5) is 0 Å². The molecule has 1 aromatic rings. The van der Waals surface area contributed by atoms with E-state index in [0.29, 0.717) is 5.89 Å². The third-order valence-corrected chi connectivity index (χ3v) is 1.85. The highest BCUT2D eigenvalue weighted by atomic mass is 16.4. The molecular weight excluding hydrogens is 156 g/mol. The van der Waals surface area contributed by atoms with Crippen molar-refractivity contribution in [1.29, 1.82) is 0 Å². The highest BCUT2D eigenvalue weighted by molar-refractivity contribution is 5.10. The summed E-state index contributed by atoms with van der Waals surface area (Å²) >= 11 is 0. The number of aliphatic hydroxyl groups excluding tert-OH is 1. The standard InChI is InChI=1S/C8H14N2O2/c1-5-6(2)12-7(10-5)8(3,9)4-11/h11H,4,9H2,1-3H3. The third kappa shape index (κ3) is 1.49. The Morgan fingerprint density at radius 1 is 1.58 bits per heavy atom. The van der Waals surface area contributed by atoms with Gasteiger partial charge in [-0.05, 0) is 20.8 Å². The summed E-state index contributed by atoms with van der Waals surface area (Å²) in [4.78, 5) is 4.10. The number of nitrogens with two attached hydrogens (primary N) is 1. The first-order valence-corrected chi connectivity index (χ1v) is 3.81.